The molecule has 1 atom stereocenters. The maximum atomic E-state index is 10.4. The summed E-state index contributed by atoms with van der Waals surface area (Å²) in [5.41, 5.74) is 2.27. The first kappa shape index (κ1) is 14.1. The molecule has 1 unspecified atom stereocenters. The average Bonchev–Trinajstić information content (AvgIpc) is 2.91. The van der Waals surface area contributed by atoms with Gasteiger partial charge in [-0.15, -0.1) is 11.3 Å². The maximum Gasteiger partial charge on any atom is 0.122 e. The van der Waals surface area contributed by atoms with E-state index in [1.54, 1.807) is 18.4 Å². The van der Waals surface area contributed by atoms with Crippen molar-refractivity contribution in [2.24, 2.45) is 0 Å². The fourth-order valence-electron chi connectivity index (χ4n) is 2.64. The van der Waals surface area contributed by atoms with E-state index in [1.165, 1.54) is 15.6 Å². The van der Waals surface area contributed by atoms with Crippen LogP contribution in [0.5, 0.6) is 5.75 Å². The number of methoxy groups -OCH3 is 1. The van der Waals surface area contributed by atoms with Gasteiger partial charge in [0.15, 0.2) is 0 Å². The van der Waals surface area contributed by atoms with Gasteiger partial charge in [0, 0.05) is 17.5 Å². The lowest BCUT2D eigenvalue weighted by atomic mass is 10.0. The molecule has 0 amide bonds. The van der Waals surface area contributed by atoms with Gasteiger partial charge in [0.1, 0.15) is 5.75 Å². The molecule has 3 aromatic rings. The molecule has 0 aliphatic rings. The number of thiophene rings is 1. The molecule has 3 heteroatoms. The van der Waals surface area contributed by atoms with Crippen LogP contribution in [0, 0.1) is 0 Å². The third-order valence-electron chi connectivity index (χ3n) is 3.66. The van der Waals surface area contributed by atoms with Crippen LogP contribution in [-0.2, 0) is 12.8 Å². The van der Waals surface area contributed by atoms with Crippen LogP contribution in [0.2, 0.25) is 0 Å². The van der Waals surface area contributed by atoms with Crippen molar-refractivity contribution < 1.29 is 9.84 Å². The molecule has 0 fully saturated rings. The average molecular weight is 298 g/mol. The van der Waals surface area contributed by atoms with Crippen molar-refractivity contribution >= 4 is 21.4 Å². The standard InChI is InChI=1S/C18H18O2S/c1-20-17-8-4-2-6-13(17)10-15(19)11-14-12-21-18-9-5-3-7-16(14)18/h2-9,12,15,19H,10-11H2,1H3. The minimum atomic E-state index is -0.403. The Kier molecular flexibility index (Phi) is 4.23. The van der Waals surface area contributed by atoms with Gasteiger partial charge in [0.2, 0.25) is 0 Å². The molecule has 0 aliphatic carbocycles. The molecule has 3 rings (SSSR count). The number of aliphatic hydroxyl groups is 1. The molecular weight excluding hydrogens is 280 g/mol. The summed E-state index contributed by atoms with van der Waals surface area (Å²) < 4.78 is 6.62. The lowest BCUT2D eigenvalue weighted by molar-refractivity contribution is 0.174. The lowest BCUT2D eigenvalue weighted by Crippen LogP contribution is -2.14. The van der Waals surface area contributed by atoms with Crippen molar-refractivity contribution in [2.75, 3.05) is 7.11 Å². The summed E-state index contributed by atoms with van der Waals surface area (Å²) in [5.74, 6) is 0.840. The van der Waals surface area contributed by atoms with Gasteiger partial charge in [-0.05, 0) is 34.0 Å². The second kappa shape index (κ2) is 6.29. The molecule has 1 heterocycles. The first-order valence-electron chi connectivity index (χ1n) is 7.03. The predicted molar refractivity (Wildman–Crippen MR) is 88.2 cm³/mol. The molecule has 0 saturated heterocycles. The van der Waals surface area contributed by atoms with Crippen LogP contribution in [0.1, 0.15) is 11.1 Å². The number of benzene rings is 2. The molecule has 0 bridgehead atoms. The highest BCUT2D eigenvalue weighted by Gasteiger charge is 2.12. The van der Waals surface area contributed by atoms with Gasteiger partial charge in [-0.25, -0.2) is 0 Å². The molecule has 0 spiro atoms. The molecule has 0 aliphatic heterocycles. The van der Waals surface area contributed by atoms with E-state index in [0.717, 1.165) is 11.3 Å². The van der Waals surface area contributed by atoms with E-state index in [9.17, 15) is 5.11 Å². The van der Waals surface area contributed by atoms with Gasteiger partial charge in [-0.2, -0.15) is 0 Å². The van der Waals surface area contributed by atoms with Gasteiger partial charge in [0.05, 0.1) is 13.2 Å². The van der Waals surface area contributed by atoms with E-state index in [4.69, 9.17) is 4.74 Å². The summed E-state index contributed by atoms with van der Waals surface area (Å²) in [7, 11) is 1.66. The van der Waals surface area contributed by atoms with E-state index in [1.807, 2.05) is 36.4 Å². The Balaban J connectivity index is 1.76. The Bertz CT molecular complexity index is 733. The van der Waals surface area contributed by atoms with Crippen molar-refractivity contribution in [1.29, 1.82) is 0 Å². The first-order chi connectivity index (χ1) is 10.3. The number of ether oxygens (including phenoxy) is 1. The Morgan fingerprint density at radius 3 is 2.57 bits per heavy atom. The van der Waals surface area contributed by atoms with Crippen molar-refractivity contribution in [3.8, 4) is 5.75 Å². The molecule has 108 valence electrons. The molecule has 0 radical (unpaired) electrons. The SMILES string of the molecule is COc1ccccc1CC(O)Cc1csc2ccccc12. The molecular formula is C18H18O2S. The third-order valence-corrected chi connectivity index (χ3v) is 4.68. The van der Waals surface area contributed by atoms with Crippen LogP contribution in [0.4, 0.5) is 0 Å². The summed E-state index contributed by atoms with van der Waals surface area (Å²) >= 11 is 1.73. The van der Waals surface area contributed by atoms with Gasteiger partial charge in [-0.1, -0.05) is 36.4 Å². The second-order valence-corrected chi connectivity index (χ2v) is 6.04. The van der Waals surface area contributed by atoms with Crippen molar-refractivity contribution in [3.05, 3.63) is 65.0 Å². The minimum Gasteiger partial charge on any atom is -0.496 e. The van der Waals surface area contributed by atoms with Crippen LogP contribution in [0.15, 0.2) is 53.9 Å². The highest BCUT2D eigenvalue weighted by molar-refractivity contribution is 7.17. The number of aliphatic hydroxyl groups excluding tert-OH is 1. The topological polar surface area (TPSA) is 29.5 Å². The van der Waals surface area contributed by atoms with Crippen LogP contribution >= 0.6 is 11.3 Å². The zero-order chi connectivity index (χ0) is 14.7. The van der Waals surface area contributed by atoms with E-state index in [0.29, 0.717) is 12.8 Å². The number of rotatable bonds is 5. The van der Waals surface area contributed by atoms with E-state index < -0.39 is 6.10 Å². The van der Waals surface area contributed by atoms with E-state index >= 15 is 0 Å². The zero-order valence-corrected chi connectivity index (χ0v) is 12.8. The fourth-order valence-corrected chi connectivity index (χ4v) is 3.62. The summed E-state index contributed by atoms with van der Waals surface area (Å²) in [6.07, 6.45) is 0.871. The fraction of sp³-hybridized carbons (Fsp3) is 0.222. The summed E-state index contributed by atoms with van der Waals surface area (Å²) in [6, 6.07) is 16.2. The number of hydrogen-bond acceptors (Lipinski definition) is 3. The summed E-state index contributed by atoms with van der Waals surface area (Å²) in [4.78, 5) is 0. The largest absolute Gasteiger partial charge is 0.496 e. The lowest BCUT2D eigenvalue weighted by Gasteiger charge is -2.13. The second-order valence-electron chi connectivity index (χ2n) is 5.13. The summed E-state index contributed by atoms with van der Waals surface area (Å²) in [5, 5.41) is 13.8. The molecule has 2 aromatic carbocycles. The zero-order valence-electron chi connectivity index (χ0n) is 12.0. The van der Waals surface area contributed by atoms with Crippen LogP contribution in [-0.4, -0.2) is 18.3 Å². The first-order valence-corrected chi connectivity index (χ1v) is 7.91. The molecule has 2 nitrogen and oxygen atoms in total. The molecule has 1 aromatic heterocycles. The number of hydrogen-bond donors (Lipinski definition) is 1. The van der Waals surface area contributed by atoms with Crippen molar-refractivity contribution in [3.63, 3.8) is 0 Å². The van der Waals surface area contributed by atoms with Gasteiger partial charge < -0.3 is 9.84 Å². The highest BCUT2D eigenvalue weighted by Crippen LogP contribution is 2.27. The molecule has 1 N–H and O–H groups in total. The highest BCUT2D eigenvalue weighted by atomic mass is 32.1. The smallest absolute Gasteiger partial charge is 0.122 e. The quantitative estimate of drug-likeness (QED) is 0.770. The predicted octanol–water partition coefficient (Wildman–Crippen LogP) is 4.06. The monoisotopic (exact) mass is 298 g/mol. The van der Waals surface area contributed by atoms with Gasteiger partial charge in [0.25, 0.3) is 0 Å². The van der Waals surface area contributed by atoms with Crippen LogP contribution in [0.25, 0.3) is 10.1 Å². The minimum absolute atomic E-state index is 0.403. The van der Waals surface area contributed by atoms with Crippen molar-refractivity contribution in [1.82, 2.24) is 0 Å². The van der Waals surface area contributed by atoms with Gasteiger partial charge >= 0.3 is 0 Å². The maximum absolute atomic E-state index is 10.4. The Hall–Kier alpha value is -1.84. The normalized spacial score (nSPS) is 12.5. The van der Waals surface area contributed by atoms with Crippen LogP contribution in [0.3, 0.4) is 0 Å². The van der Waals surface area contributed by atoms with E-state index in [-0.39, 0.29) is 0 Å². The van der Waals surface area contributed by atoms with Crippen LogP contribution < -0.4 is 4.74 Å². The molecule has 0 saturated carbocycles. The molecule has 21 heavy (non-hydrogen) atoms. The Labute approximate surface area is 128 Å². The Morgan fingerprint density at radius 1 is 1.00 bits per heavy atom. The van der Waals surface area contributed by atoms with E-state index in [2.05, 4.69) is 17.5 Å². The van der Waals surface area contributed by atoms with Crippen molar-refractivity contribution in [2.45, 2.75) is 18.9 Å². The Morgan fingerprint density at radius 2 is 1.71 bits per heavy atom. The summed E-state index contributed by atoms with van der Waals surface area (Å²) in [6.45, 7) is 0. The third kappa shape index (κ3) is 3.09. The number of para-hydroxylation sites is 1. The number of fused-ring (bicyclic) bond motifs is 1. The van der Waals surface area contributed by atoms with Gasteiger partial charge in [-0.3, -0.25) is 0 Å².